The predicted molar refractivity (Wildman–Crippen MR) is 91.5 cm³/mol. The van der Waals surface area contributed by atoms with Crippen molar-refractivity contribution in [2.75, 3.05) is 45.9 Å². The highest BCUT2D eigenvalue weighted by Gasteiger charge is 2.32. The van der Waals surface area contributed by atoms with E-state index in [-0.39, 0.29) is 29.3 Å². The molecule has 0 saturated carbocycles. The first-order chi connectivity index (χ1) is 11.6. The summed E-state index contributed by atoms with van der Waals surface area (Å²) in [7, 11) is -3.67. The second-order valence-electron chi connectivity index (χ2n) is 6.00. The predicted octanol–water partition coefficient (Wildman–Crippen LogP) is 0.350. The molecule has 2 aliphatic heterocycles. The van der Waals surface area contributed by atoms with Gasteiger partial charge in [0, 0.05) is 39.3 Å². The first kappa shape index (κ1) is 17.8. The maximum atomic E-state index is 12.9. The second-order valence-corrected chi connectivity index (χ2v) is 9.11. The van der Waals surface area contributed by atoms with Crippen molar-refractivity contribution in [3.8, 4) is 0 Å². The number of hydrogen-bond acceptors (Lipinski definition) is 6. The van der Waals surface area contributed by atoms with Crippen molar-refractivity contribution in [1.29, 1.82) is 0 Å². The van der Waals surface area contributed by atoms with Gasteiger partial charge in [-0.2, -0.15) is 4.31 Å². The summed E-state index contributed by atoms with van der Waals surface area (Å²) in [5, 5.41) is 4.92. The maximum absolute atomic E-state index is 12.9. The minimum atomic E-state index is -3.67. The number of nitrogens with one attached hydrogen (secondary N) is 1. The Morgan fingerprint density at radius 3 is 2.83 bits per heavy atom. The highest BCUT2D eigenvalue weighted by molar-refractivity contribution is 7.91. The average Bonchev–Trinajstić information content (AvgIpc) is 3.29. The Morgan fingerprint density at radius 2 is 2.21 bits per heavy atom. The van der Waals surface area contributed by atoms with Crippen LogP contribution in [0, 0.1) is 0 Å². The number of ether oxygens (including phenoxy) is 1. The van der Waals surface area contributed by atoms with Gasteiger partial charge in [-0.05, 0) is 24.3 Å². The molecule has 2 saturated heterocycles. The number of carbonyl (C=O) groups excluding carboxylic acids is 1. The van der Waals surface area contributed by atoms with Crippen molar-refractivity contribution in [3.05, 3.63) is 17.5 Å². The van der Waals surface area contributed by atoms with E-state index in [1.807, 2.05) is 0 Å². The normalized spacial score (nSPS) is 22.2. The van der Waals surface area contributed by atoms with Crippen molar-refractivity contribution >= 4 is 27.3 Å². The molecule has 1 atom stereocenters. The molecule has 1 aromatic heterocycles. The molecule has 134 valence electrons. The smallest absolute Gasteiger partial charge is 0.253 e. The molecule has 3 heterocycles. The van der Waals surface area contributed by atoms with E-state index in [9.17, 15) is 13.2 Å². The van der Waals surface area contributed by atoms with Gasteiger partial charge in [0.05, 0.1) is 12.6 Å². The quantitative estimate of drug-likeness (QED) is 0.778. The van der Waals surface area contributed by atoms with Crippen LogP contribution in [0.25, 0.3) is 0 Å². The Balaban J connectivity index is 1.75. The van der Waals surface area contributed by atoms with Crippen LogP contribution in [0.4, 0.5) is 0 Å². The third kappa shape index (κ3) is 4.15. The van der Waals surface area contributed by atoms with Crippen molar-refractivity contribution in [2.45, 2.75) is 23.2 Å². The molecule has 3 rings (SSSR count). The summed E-state index contributed by atoms with van der Waals surface area (Å²) in [4.78, 5) is 14.3. The van der Waals surface area contributed by atoms with Crippen LogP contribution in [0.2, 0.25) is 0 Å². The van der Waals surface area contributed by atoms with Crippen LogP contribution in [-0.2, 0) is 19.6 Å². The Kier molecular flexibility index (Phi) is 5.88. The molecule has 0 aromatic carbocycles. The van der Waals surface area contributed by atoms with Gasteiger partial charge >= 0.3 is 0 Å². The lowest BCUT2D eigenvalue weighted by atomic mass is 10.2. The molecule has 1 unspecified atom stereocenters. The van der Waals surface area contributed by atoms with E-state index in [4.69, 9.17) is 4.74 Å². The summed E-state index contributed by atoms with van der Waals surface area (Å²) >= 11 is 1.17. The Morgan fingerprint density at radius 1 is 1.42 bits per heavy atom. The molecular formula is C15H23N3O4S2. The highest BCUT2D eigenvalue weighted by atomic mass is 32.2. The minimum Gasteiger partial charge on any atom is -0.377 e. The average molecular weight is 374 g/mol. The molecule has 2 aliphatic rings. The van der Waals surface area contributed by atoms with Gasteiger partial charge < -0.3 is 15.0 Å². The summed E-state index contributed by atoms with van der Waals surface area (Å²) in [6, 6.07) is 3.29. The fourth-order valence-electron chi connectivity index (χ4n) is 2.97. The maximum Gasteiger partial charge on any atom is 0.253 e. The monoisotopic (exact) mass is 373 g/mol. The first-order valence-electron chi connectivity index (χ1n) is 8.21. The van der Waals surface area contributed by atoms with E-state index in [1.54, 1.807) is 22.4 Å². The van der Waals surface area contributed by atoms with Crippen LogP contribution in [0.1, 0.15) is 12.8 Å². The summed E-state index contributed by atoms with van der Waals surface area (Å²) in [5.41, 5.74) is 0. The van der Waals surface area contributed by atoms with Crippen LogP contribution in [0.15, 0.2) is 21.7 Å². The van der Waals surface area contributed by atoms with E-state index in [0.717, 1.165) is 25.9 Å². The molecule has 0 aliphatic carbocycles. The number of amides is 1. The van der Waals surface area contributed by atoms with E-state index >= 15 is 0 Å². The van der Waals surface area contributed by atoms with Gasteiger partial charge in [-0.3, -0.25) is 4.79 Å². The van der Waals surface area contributed by atoms with Crippen LogP contribution in [-0.4, -0.2) is 75.5 Å². The zero-order valence-electron chi connectivity index (χ0n) is 13.5. The number of thiophene rings is 1. The number of sulfonamides is 1. The van der Waals surface area contributed by atoms with E-state index in [1.165, 1.54) is 15.6 Å². The largest absolute Gasteiger partial charge is 0.377 e. The summed E-state index contributed by atoms with van der Waals surface area (Å²) < 4.78 is 32.9. The summed E-state index contributed by atoms with van der Waals surface area (Å²) in [6.45, 7) is 3.49. The number of rotatable bonds is 6. The number of piperazine rings is 1. The first-order valence-corrected chi connectivity index (χ1v) is 10.5. The van der Waals surface area contributed by atoms with Crippen LogP contribution in [0.3, 0.4) is 0 Å². The molecule has 7 nitrogen and oxygen atoms in total. The molecule has 1 N–H and O–H groups in total. The highest BCUT2D eigenvalue weighted by Crippen LogP contribution is 2.23. The number of carbonyl (C=O) groups is 1. The van der Waals surface area contributed by atoms with Crippen LogP contribution < -0.4 is 5.32 Å². The van der Waals surface area contributed by atoms with Gasteiger partial charge in [-0.25, -0.2) is 8.42 Å². The molecule has 24 heavy (non-hydrogen) atoms. The SMILES string of the molecule is O=C(CN(CC1CCCO1)S(=O)(=O)c1cccs1)N1CCNCC1. The minimum absolute atomic E-state index is 0.125. The molecule has 2 fully saturated rings. The van der Waals surface area contributed by atoms with Gasteiger partial charge in [-0.15, -0.1) is 11.3 Å². The second kappa shape index (κ2) is 7.92. The molecule has 1 amide bonds. The molecule has 0 bridgehead atoms. The van der Waals surface area contributed by atoms with Gasteiger partial charge in [0.25, 0.3) is 10.0 Å². The molecular weight excluding hydrogens is 350 g/mol. The zero-order chi connectivity index (χ0) is 17.0. The lowest BCUT2D eigenvalue weighted by molar-refractivity contribution is -0.132. The lowest BCUT2D eigenvalue weighted by Gasteiger charge is -2.30. The third-order valence-electron chi connectivity index (χ3n) is 4.30. The standard InChI is InChI=1S/C15H23N3O4S2/c19-14(17-7-5-16-6-8-17)12-18(11-13-3-1-9-22-13)24(20,21)15-4-2-10-23-15/h2,4,10,13,16H,1,3,5-9,11-12H2. The van der Waals surface area contributed by atoms with E-state index < -0.39 is 10.0 Å². The van der Waals surface area contributed by atoms with Crippen LogP contribution in [0.5, 0.6) is 0 Å². The van der Waals surface area contributed by atoms with Gasteiger partial charge in [-0.1, -0.05) is 6.07 Å². The number of hydrogen-bond donors (Lipinski definition) is 1. The summed E-state index contributed by atoms with van der Waals surface area (Å²) in [6.07, 6.45) is 1.64. The summed E-state index contributed by atoms with van der Waals surface area (Å²) in [5.74, 6) is -0.144. The van der Waals surface area contributed by atoms with Crippen LogP contribution >= 0.6 is 11.3 Å². The lowest BCUT2D eigenvalue weighted by Crippen LogP contribution is -2.51. The van der Waals surface area contributed by atoms with Crippen molar-refractivity contribution in [2.24, 2.45) is 0 Å². The van der Waals surface area contributed by atoms with Crippen molar-refractivity contribution in [3.63, 3.8) is 0 Å². The topological polar surface area (TPSA) is 79.0 Å². The number of nitrogens with zero attached hydrogens (tertiary/aromatic N) is 2. The third-order valence-corrected chi connectivity index (χ3v) is 7.49. The Bertz CT molecular complexity index is 636. The Hall–Kier alpha value is -1.00. The zero-order valence-corrected chi connectivity index (χ0v) is 15.2. The fraction of sp³-hybridized carbons (Fsp3) is 0.667. The molecule has 0 spiro atoms. The molecule has 9 heteroatoms. The van der Waals surface area contributed by atoms with E-state index in [0.29, 0.717) is 19.7 Å². The van der Waals surface area contributed by atoms with Crippen molar-refractivity contribution in [1.82, 2.24) is 14.5 Å². The Labute approximate surface area is 146 Å². The van der Waals surface area contributed by atoms with Gasteiger partial charge in [0.15, 0.2) is 0 Å². The molecule has 0 radical (unpaired) electrons. The van der Waals surface area contributed by atoms with E-state index in [2.05, 4.69) is 5.32 Å². The fourth-order valence-corrected chi connectivity index (χ4v) is 5.53. The molecule has 1 aromatic rings. The van der Waals surface area contributed by atoms with Gasteiger partial charge in [0.2, 0.25) is 5.91 Å². The van der Waals surface area contributed by atoms with Gasteiger partial charge in [0.1, 0.15) is 4.21 Å². The van der Waals surface area contributed by atoms with Crippen molar-refractivity contribution < 1.29 is 17.9 Å².